The van der Waals surface area contributed by atoms with E-state index in [4.69, 9.17) is 4.74 Å². The molecule has 0 radical (unpaired) electrons. The van der Waals surface area contributed by atoms with E-state index in [1.165, 1.54) is 116 Å². The lowest BCUT2D eigenvalue weighted by Crippen LogP contribution is -2.46. The molecule has 0 aromatic heterocycles. The Labute approximate surface area is 383 Å². The molecular weight excluding hydrogens is 767 g/mol. The van der Waals surface area contributed by atoms with Crippen LogP contribution in [0.4, 0.5) is 0 Å². The van der Waals surface area contributed by atoms with Gasteiger partial charge in [0.25, 0.3) is 0 Å². The first-order chi connectivity index (χ1) is 30.5. The van der Waals surface area contributed by atoms with Gasteiger partial charge < -0.3 is 20.3 Å². The van der Waals surface area contributed by atoms with Gasteiger partial charge >= 0.3 is 5.97 Å². The molecule has 356 valence electrons. The summed E-state index contributed by atoms with van der Waals surface area (Å²) in [5.74, 6) is -0.593. The van der Waals surface area contributed by atoms with Crippen LogP contribution < -0.4 is 5.32 Å². The molecule has 0 bridgehead atoms. The number of ether oxygens (including phenoxy) is 1. The molecule has 0 spiro atoms. The molecule has 6 nitrogen and oxygen atoms in total. The maximum absolute atomic E-state index is 13.2. The first-order valence-electron chi connectivity index (χ1n) is 25.8. The summed E-state index contributed by atoms with van der Waals surface area (Å²) in [5, 5.41) is 23.7. The largest absolute Gasteiger partial charge is 0.461 e. The van der Waals surface area contributed by atoms with Crippen LogP contribution in [0.2, 0.25) is 0 Å². The third kappa shape index (κ3) is 43.7. The van der Waals surface area contributed by atoms with E-state index in [1.54, 1.807) is 0 Å². The number of carbonyl (C=O) groups excluding carboxylic acids is 2. The van der Waals surface area contributed by atoms with E-state index in [0.29, 0.717) is 19.3 Å². The fourth-order valence-corrected chi connectivity index (χ4v) is 7.35. The van der Waals surface area contributed by atoms with Crippen LogP contribution in [-0.4, -0.2) is 46.9 Å². The Kier molecular flexibility index (Phi) is 46.7. The lowest BCUT2D eigenvalue weighted by Gasteiger charge is -2.24. The van der Waals surface area contributed by atoms with Crippen molar-refractivity contribution in [2.75, 3.05) is 6.61 Å². The van der Waals surface area contributed by atoms with E-state index < -0.39 is 18.2 Å². The molecule has 3 N–H and O–H groups in total. The van der Waals surface area contributed by atoms with Crippen molar-refractivity contribution in [2.24, 2.45) is 0 Å². The third-order valence-corrected chi connectivity index (χ3v) is 11.3. The summed E-state index contributed by atoms with van der Waals surface area (Å²) in [6, 6.07) is -0.737. The number of nitrogens with one attached hydrogen (secondary N) is 1. The number of esters is 1. The van der Waals surface area contributed by atoms with Crippen molar-refractivity contribution in [3.05, 3.63) is 85.1 Å². The second-order valence-electron chi connectivity index (χ2n) is 17.3. The van der Waals surface area contributed by atoms with Gasteiger partial charge in [0.2, 0.25) is 5.91 Å². The van der Waals surface area contributed by atoms with Gasteiger partial charge in [-0.05, 0) is 64.2 Å². The highest BCUT2D eigenvalue weighted by Gasteiger charge is 2.23. The third-order valence-electron chi connectivity index (χ3n) is 11.3. The molecule has 0 saturated carbocycles. The summed E-state index contributed by atoms with van der Waals surface area (Å²) in [5.41, 5.74) is 0. The molecule has 0 heterocycles. The van der Waals surface area contributed by atoms with E-state index in [-0.39, 0.29) is 24.9 Å². The molecule has 0 saturated heterocycles. The molecule has 6 heteroatoms. The van der Waals surface area contributed by atoms with Crippen molar-refractivity contribution in [2.45, 2.75) is 251 Å². The monoisotopic (exact) mass is 864 g/mol. The number of aliphatic hydroxyl groups excluding tert-OH is 2. The van der Waals surface area contributed by atoms with Crippen LogP contribution in [0.1, 0.15) is 233 Å². The molecule has 0 rings (SSSR count). The van der Waals surface area contributed by atoms with Gasteiger partial charge in [-0.2, -0.15) is 0 Å². The minimum atomic E-state index is -0.816. The van der Waals surface area contributed by atoms with Crippen LogP contribution in [0.15, 0.2) is 85.1 Å². The van der Waals surface area contributed by atoms with Crippen LogP contribution in [0.25, 0.3) is 0 Å². The zero-order valence-corrected chi connectivity index (χ0v) is 40.5. The average molecular weight is 864 g/mol. The van der Waals surface area contributed by atoms with Crippen molar-refractivity contribution < 1.29 is 24.5 Å². The van der Waals surface area contributed by atoms with Crippen molar-refractivity contribution in [3.63, 3.8) is 0 Å². The van der Waals surface area contributed by atoms with E-state index in [0.717, 1.165) is 70.6 Å². The Morgan fingerprint density at radius 1 is 0.516 bits per heavy atom. The number of rotatable bonds is 45. The fourth-order valence-electron chi connectivity index (χ4n) is 7.35. The number of hydrogen-bond acceptors (Lipinski definition) is 5. The van der Waals surface area contributed by atoms with Crippen molar-refractivity contribution in [1.82, 2.24) is 5.32 Å². The van der Waals surface area contributed by atoms with E-state index in [2.05, 4.69) is 99.0 Å². The Morgan fingerprint density at radius 3 is 1.53 bits per heavy atom. The van der Waals surface area contributed by atoms with Gasteiger partial charge in [0.05, 0.1) is 25.2 Å². The van der Waals surface area contributed by atoms with Crippen LogP contribution in [0.5, 0.6) is 0 Å². The highest BCUT2D eigenvalue weighted by Crippen LogP contribution is 2.16. The van der Waals surface area contributed by atoms with Crippen LogP contribution in [-0.2, 0) is 14.3 Å². The summed E-state index contributed by atoms with van der Waals surface area (Å²) in [6.45, 7) is 6.29. The number of unbranched alkanes of at least 4 members (excludes halogenated alkanes) is 22. The number of amides is 1. The van der Waals surface area contributed by atoms with Gasteiger partial charge in [0.1, 0.15) is 6.10 Å². The van der Waals surface area contributed by atoms with Crippen LogP contribution >= 0.6 is 0 Å². The van der Waals surface area contributed by atoms with E-state index in [9.17, 15) is 19.8 Å². The minimum absolute atomic E-state index is 0.00684. The molecule has 0 aromatic rings. The second kappa shape index (κ2) is 49.1. The predicted octanol–water partition coefficient (Wildman–Crippen LogP) is 15.6. The zero-order chi connectivity index (χ0) is 45.2. The molecule has 0 fully saturated rings. The summed E-state index contributed by atoms with van der Waals surface area (Å²) in [6.07, 6.45) is 63.7. The maximum Gasteiger partial charge on any atom is 0.306 e. The van der Waals surface area contributed by atoms with Crippen LogP contribution in [0.3, 0.4) is 0 Å². The Morgan fingerprint density at radius 2 is 0.968 bits per heavy atom. The summed E-state index contributed by atoms with van der Waals surface area (Å²) >= 11 is 0. The molecule has 1 amide bonds. The SMILES string of the molecule is CC/C=C/C=C/C=C/CCCCCCCCCC(=O)OC(C/C=C\C/C=C\C/C=C\C/C=C\CCCCC)CC(=O)NC(CO)C(O)CCCCCCCCCCCCCCC. The first kappa shape index (κ1) is 59.0. The Balaban J connectivity index is 4.74. The minimum Gasteiger partial charge on any atom is -0.461 e. The van der Waals surface area contributed by atoms with Crippen molar-refractivity contribution in [1.29, 1.82) is 0 Å². The lowest BCUT2D eigenvalue weighted by molar-refractivity contribution is -0.150. The Hall–Kier alpha value is -2.96. The fraction of sp³-hybridized carbons (Fsp3) is 0.714. The average Bonchev–Trinajstić information content (AvgIpc) is 3.26. The number of carbonyl (C=O) groups is 2. The quantitative estimate of drug-likeness (QED) is 0.0245. The molecule has 3 atom stereocenters. The smallest absolute Gasteiger partial charge is 0.306 e. The topological polar surface area (TPSA) is 95.9 Å². The summed E-state index contributed by atoms with van der Waals surface area (Å²) in [4.78, 5) is 26.1. The van der Waals surface area contributed by atoms with E-state index >= 15 is 0 Å². The molecular formula is C56H97NO5. The number of hydrogen-bond donors (Lipinski definition) is 3. The van der Waals surface area contributed by atoms with Crippen molar-refractivity contribution in [3.8, 4) is 0 Å². The van der Waals surface area contributed by atoms with E-state index in [1.807, 2.05) is 12.2 Å². The number of aliphatic hydroxyl groups is 2. The maximum atomic E-state index is 13.2. The summed E-state index contributed by atoms with van der Waals surface area (Å²) in [7, 11) is 0. The second-order valence-corrected chi connectivity index (χ2v) is 17.3. The van der Waals surface area contributed by atoms with Gasteiger partial charge in [0.15, 0.2) is 0 Å². The predicted molar refractivity (Wildman–Crippen MR) is 268 cm³/mol. The molecule has 3 unspecified atom stereocenters. The summed E-state index contributed by atoms with van der Waals surface area (Å²) < 4.78 is 5.86. The van der Waals surface area contributed by atoms with Gasteiger partial charge in [-0.3, -0.25) is 9.59 Å². The Bertz CT molecular complexity index is 1200. The normalized spacial score (nSPS) is 14.0. The molecule has 0 aliphatic carbocycles. The van der Waals surface area contributed by atoms with Gasteiger partial charge in [-0.25, -0.2) is 0 Å². The van der Waals surface area contributed by atoms with Gasteiger partial charge in [0, 0.05) is 12.8 Å². The first-order valence-corrected chi connectivity index (χ1v) is 25.8. The van der Waals surface area contributed by atoms with Crippen molar-refractivity contribution >= 4 is 11.9 Å². The standard InChI is InChI=1S/C56H97NO5/c1-4-7-10-13-16-19-22-25-27-30-32-35-38-41-44-47-52(62-56(61)49-46-43-40-37-34-31-28-26-23-20-17-14-11-8-5-2)50-55(60)57-53(51-58)54(59)48-45-42-39-36-33-29-24-21-18-15-12-9-6-3/h8,11,14,16-17,19-20,23,25,27,32,35,41,44,52-54,58-59H,4-7,9-10,12-13,15,18,21-22,24,26,28-31,33-34,36-40,42-43,45-51H2,1-3H3,(H,57,60)/b11-8+,17-14+,19-16-,23-20+,27-25-,35-32-,44-41-. The zero-order valence-electron chi connectivity index (χ0n) is 40.5. The highest BCUT2D eigenvalue weighted by atomic mass is 16.5. The molecule has 0 aliphatic heterocycles. The molecule has 0 aromatic carbocycles. The van der Waals surface area contributed by atoms with Gasteiger partial charge in [-0.15, -0.1) is 0 Å². The lowest BCUT2D eigenvalue weighted by atomic mass is 10.0. The highest BCUT2D eigenvalue weighted by molar-refractivity contribution is 5.77. The van der Waals surface area contributed by atoms with Crippen LogP contribution in [0, 0.1) is 0 Å². The number of allylic oxidation sites excluding steroid dienone is 13. The van der Waals surface area contributed by atoms with Gasteiger partial charge in [-0.1, -0.05) is 234 Å². The molecule has 62 heavy (non-hydrogen) atoms. The molecule has 0 aliphatic rings.